The molecule has 0 aromatic rings. The first-order valence-electron chi connectivity index (χ1n) is 5.08. The predicted molar refractivity (Wildman–Crippen MR) is 49.0 cm³/mol. The minimum Gasteiger partial charge on any atom is -0.392 e. The third kappa shape index (κ3) is 1.64. The highest BCUT2D eigenvalue weighted by atomic mass is 16.3. The maximum atomic E-state index is 9.35. The van der Waals surface area contributed by atoms with E-state index in [4.69, 9.17) is 0 Å². The van der Waals surface area contributed by atoms with Gasteiger partial charge in [-0.3, -0.25) is 0 Å². The van der Waals surface area contributed by atoms with Gasteiger partial charge in [0.05, 0.1) is 6.10 Å². The third-order valence-corrected chi connectivity index (χ3v) is 3.41. The van der Waals surface area contributed by atoms with Crippen molar-refractivity contribution in [1.82, 2.24) is 4.90 Å². The number of aliphatic hydroxyl groups is 1. The summed E-state index contributed by atoms with van der Waals surface area (Å²) in [5, 5.41) is 9.35. The van der Waals surface area contributed by atoms with Gasteiger partial charge in [-0.15, -0.1) is 0 Å². The Morgan fingerprint density at radius 2 is 2.25 bits per heavy atom. The van der Waals surface area contributed by atoms with E-state index in [-0.39, 0.29) is 6.10 Å². The van der Waals surface area contributed by atoms with E-state index in [1.165, 1.54) is 25.8 Å². The lowest BCUT2D eigenvalue weighted by molar-refractivity contribution is 0.0882. The van der Waals surface area contributed by atoms with E-state index in [9.17, 15) is 5.11 Å². The molecule has 1 saturated carbocycles. The number of aliphatic hydroxyl groups excluding tert-OH is 1. The van der Waals surface area contributed by atoms with Crippen molar-refractivity contribution in [3.05, 3.63) is 0 Å². The molecule has 2 fully saturated rings. The number of likely N-dealkylation sites (tertiary alicyclic amines) is 1. The van der Waals surface area contributed by atoms with Crippen LogP contribution in [-0.2, 0) is 0 Å². The van der Waals surface area contributed by atoms with Crippen LogP contribution in [0.1, 0.15) is 32.6 Å². The zero-order chi connectivity index (χ0) is 8.60. The minimum atomic E-state index is -0.0475. The van der Waals surface area contributed by atoms with Crippen molar-refractivity contribution in [2.75, 3.05) is 19.6 Å². The van der Waals surface area contributed by atoms with Gasteiger partial charge in [-0.2, -0.15) is 0 Å². The molecule has 0 unspecified atom stereocenters. The van der Waals surface area contributed by atoms with Crippen LogP contribution < -0.4 is 0 Å². The highest BCUT2D eigenvalue weighted by molar-refractivity contribution is 4.88. The van der Waals surface area contributed by atoms with Crippen LogP contribution in [-0.4, -0.2) is 35.7 Å². The molecule has 2 heteroatoms. The highest BCUT2D eigenvalue weighted by Gasteiger charge is 2.35. The normalized spacial score (nSPS) is 35.0. The molecule has 1 heterocycles. The Morgan fingerprint density at radius 3 is 2.67 bits per heavy atom. The molecule has 1 saturated heterocycles. The molecule has 2 aliphatic rings. The predicted octanol–water partition coefficient (Wildman–Crippen LogP) is 1.24. The largest absolute Gasteiger partial charge is 0.392 e. The van der Waals surface area contributed by atoms with Crippen molar-refractivity contribution >= 4 is 0 Å². The molecular formula is C10H19NO. The summed E-state index contributed by atoms with van der Waals surface area (Å²) in [6.45, 7) is 5.61. The van der Waals surface area contributed by atoms with Crippen molar-refractivity contribution < 1.29 is 5.11 Å². The van der Waals surface area contributed by atoms with Crippen molar-refractivity contribution in [1.29, 1.82) is 0 Å². The zero-order valence-corrected chi connectivity index (χ0v) is 7.92. The summed E-state index contributed by atoms with van der Waals surface area (Å²) in [5.41, 5.74) is 0.587. The van der Waals surface area contributed by atoms with Crippen LogP contribution in [0.2, 0.25) is 0 Å². The summed E-state index contributed by atoms with van der Waals surface area (Å²) in [4.78, 5) is 2.42. The van der Waals surface area contributed by atoms with Crippen molar-refractivity contribution in [3.8, 4) is 0 Å². The Bertz CT molecular complexity index is 165. The zero-order valence-electron chi connectivity index (χ0n) is 7.92. The van der Waals surface area contributed by atoms with Crippen molar-refractivity contribution in [3.63, 3.8) is 0 Å². The standard InChI is InChI=1S/C10H19NO/c1-10(4-2-5-10)8-11-6-3-9(12)7-11/h9,12H,2-8H2,1H3/t9-/m1/s1. The van der Waals surface area contributed by atoms with E-state index in [1.807, 2.05) is 0 Å². The molecule has 2 rings (SSSR count). The Labute approximate surface area is 74.6 Å². The van der Waals surface area contributed by atoms with E-state index in [2.05, 4.69) is 11.8 Å². The fourth-order valence-corrected chi connectivity index (χ4v) is 2.43. The fourth-order valence-electron chi connectivity index (χ4n) is 2.43. The first-order chi connectivity index (χ1) is 5.68. The summed E-state index contributed by atoms with van der Waals surface area (Å²) in [7, 11) is 0. The van der Waals surface area contributed by atoms with Gasteiger partial charge in [-0.25, -0.2) is 0 Å². The van der Waals surface area contributed by atoms with Gasteiger partial charge in [0.15, 0.2) is 0 Å². The maximum absolute atomic E-state index is 9.35. The minimum absolute atomic E-state index is 0.0475. The number of hydrogen-bond acceptors (Lipinski definition) is 2. The van der Waals surface area contributed by atoms with Gasteiger partial charge in [-0.1, -0.05) is 13.3 Å². The third-order valence-electron chi connectivity index (χ3n) is 3.41. The van der Waals surface area contributed by atoms with Gasteiger partial charge < -0.3 is 10.0 Å². The Kier molecular flexibility index (Phi) is 2.13. The number of rotatable bonds is 2. The highest BCUT2D eigenvalue weighted by Crippen LogP contribution is 2.41. The van der Waals surface area contributed by atoms with Crippen LogP contribution in [0.15, 0.2) is 0 Å². The lowest BCUT2D eigenvalue weighted by atomic mass is 9.70. The van der Waals surface area contributed by atoms with Crippen LogP contribution in [0.5, 0.6) is 0 Å². The van der Waals surface area contributed by atoms with Crippen LogP contribution in [0.25, 0.3) is 0 Å². The van der Waals surface area contributed by atoms with Gasteiger partial charge in [0.2, 0.25) is 0 Å². The second-order valence-corrected chi connectivity index (χ2v) is 4.84. The second-order valence-electron chi connectivity index (χ2n) is 4.84. The molecule has 70 valence electrons. The molecule has 0 aromatic heterocycles. The first-order valence-corrected chi connectivity index (χ1v) is 5.08. The Balaban J connectivity index is 1.79. The molecular weight excluding hydrogens is 150 g/mol. The average molecular weight is 169 g/mol. The molecule has 12 heavy (non-hydrogen) atoms. The SMILES string of the molecule is CC1(CN2CC[C@@H](O)C2)CCC1. The first kappa shape index (κ1) is 8.52. The van der Waals surface area contributed by atoms with Gasteiger partial charge in [0.1, 0.15) is 0 Å². The average Bonchev–Trinajstić information content (AvgIpc) is 2.32. The van der Waals surface area contributed by atoms with Gasteiger partial charge >= 0.3 is 0 Å². The molecule has 1 N–H and O–H groups in total. The maximum Gasteiger partial charge on any atom is 0.0679 e. The summed E-state index contributed by atoms with van der Waals surface area (Å²) < 4.78 is 0. The Morgan fingerprint density at radius 1 is 1.50 bits per heavy atom. The van der Waals surface area contributed by atoms with E-state index in [0.717, 1.165) is 19.5 Å². The van der Waals surface area contributed by atoms with Crippen LogP contribution in [0.3, 0.4) is 0 Å². The molecule has 2 nitrogen and oxygen atoms in total. The van der Waals surface area contributed by atoms with Crippen molar-refractivity contribution in [2.24, 2.45) is 5.41 Å². The fraction of sp³-hybridized carbons (Fsp3) is 1.00. The van der Waals surface area contributed by atoms with E-state index < -0.39 is 0 Å². The lowest BCUT2D eigenvalue weighted by Gasteiger charge is -2.41. The summed E-state index contributed by atoms with van der Waals surface area (Å²) >= 11 is 0. The molecule has 0 radical (unpaired) electrons. The van der Waals surface area contributed by atoms with Gasteiger partial charge in [-0.05, 0) is 24.7 Å². The van der Waals surface area contributed by atoms with Gasteiger partial charge in [0.25, 0.3) is 0 Å². The van der Waals surface area contributed by atoms with Crippen LogP contribution in [0, 0.1) is 5.41 Å². The quantitative estimate of drug-likeness (QED) is 0.672. The molecule has 1 atom stereocenters. The molecule has 0 amide bonds. The van der Waals surface area contributed by atoms with E-state index in [0.29, 0.717) is 5.41 Å². The van der Waals surface area contributed by atoms with Crippen molar-refractivity contribution in [2.45, 2.75) is 38.7 Å². The summed E-state index contributed by atoms with van der Waals surface area (Å²) in [6, 6.07) is 0. The van der Waals surface area contributed by atoms with E-state index >= 15 is 0 Å². The van der Waals surface area contributed by atoms with E-state index in [1.54, 1.807) is 0 Å². The molecule has 1 aliphatic heterocycles. The molecule has 1 aliphatic carbocycles. The van der Waals surface area contributed by atoms with Gasteiger partial charge in [0, 0.05) is 19.6 Å². The van der Waals surface area contributed by atoms with Crippen LogP contribution >= 0.6 is 0 Å². The summed E-state index contributed by atoms with van der Waals surface area (Å²) in [6.07, 6.45) is 5.12. The second kappa shape index (κ2) is 3.00. The number of nitrogens with zero attached hydrogens (tertiary/aromatic N) is 1. The molecule has 0 bridgehead atoms. The van der Waals surface area contributed by atoms with Crippen LogP contribution in [0.4, 0.5) is 0 Å². The Hall–Kier alpha value is -0.0800. The summed E-state index contributed by atoms with van der Waals surface area (Å²) in [5.74, 6) is 0. The molecule has 0 spiro atoms. The smallest absolute Gasteiger partial charge is 0.0679 e. The lowest BCUT2D eigenvalue weighted by Crippen LogP contribution is -2.39. The number of hydrogen-bond donors (Lipinski definition) is 1. The molecule has 0 aromatic carbocycles. The monoisotopic (exact) mass is 169 g/mol. The number of β-amino-alcohol motifs (C(OH)–C–C–N with tert-alkyl or cyclic N) is 1. The topological polar surface area (TPSA) is 23.5 Å².